The van der Waals surface area contributed by atoms with Gasteiger partial charge in [0.05, 0.1) is 6.10 Å². The normalized spacial score (nSPS) is 25.2. The molecule has 0 radical (unpaired) electrons. The average Bonchev–Trinajstić information content (AvgIpc) is 2.40. The molecule has 1 aromatic carbocycles. The van der Waals surface area contributed by atoms with Gasteiger partial charge in [0.15, 0.2) is 0 Å². The van der Waals surface area contributed by atoms with Crippen molar-refractivity contribution in [2.45, 2.75) is 51.2 Å². The fourth-order valence-electron chi connectivity index (χ4n) is 2.82. The molecule has 0 saturated heterocycles. The molecule has 1 aliphatic rings. The van der Waals surface area contributed by atoms with Crippen LogP contribution in [0, 0.1) is 11.7 Å². The van der Waals surface area contributed by atoms with E-state index in [1.165, 1.54) is 18.6 Å². The maximum Gasteiger partial charge on any atom is 0.123 e. The summed E-state index contributed by atoms with van der Waals surface area (Å²) in [7, 11) is 0. The van der Waals surface area contributed by atoms with Crippen LogP contribution in [0.3, 0.4) is 0 Å². The Bertz CT molecular complexity index is 379. The van der Waals surface area contributed by atoms with Gasteiger partial charge in [-0.15, -0.1) is 0 Å². The highest BCUT2D eigenvalue weighted by atomic mass is 19.1. The molecule has 2 nitrogen and oxygen atoms in total. The topological polar surface area (TPSA) is 32.3 Å². The summed E-state index contributed by atoms with van der Waals surface area (Å²) < 4.78 is 12.8. The van der Waals surface area contributed by atoms with Crippen molar-refractivity contribution < 1.29 is 9.50 Å². The first kappa shape index (κ1) is 14.5. The summed E-state index contributed by atoms with van der Waals surface area (Å²) in [6.07, 6.45) is 5.21. The smallest absolute Gasteiger partial charge is 0.123 e. The van der Waals surface area contributed by atoms with Crippen LogP contribution in [0.1, 0.15) is 38.2 Å². The second-order valence-electron chi connectivity index (χ2n) is 5.75. The molecular weight excluding hydrogens is 241 g/mol. The van der Waals surface area contributed by atoms with Gasteiger partial charge >= 0.3 is 0 Å². The zero-order valence-electron chi connectivity index (χ0n) is 11.6. The predicted molar refractivity (Wildman–Crippen MR) is 75.5 cm³/mol. The van der Waals surface area contributed by atoms with Crippen LogP contribution in [0.15, 0.2) is 24.3 Å². The minimum Gasteiger partial charge on any atom is -0.393 e. The van der Waals surface area contributed by atoms with E-state index in [-0.39, 0.29) is 11.9 Å². The molecule has 3 atom stereocenters. The summed E-state index contributed by atoms with van der Waals surface area (Å²) in [4.78, 5) is 0. The van der Waals surface area contributed by atoms with Crippen molar-refractivity contribution >= 4 is 0 Å². The SMILES string of the molecule is CC(Cc1ccc(F)cc1)NCC1CCCCC1O. The maximum absolute atomic E-state index is 12.8. The lowest BCUT2D eigenvalue weighted by molar-refractivity contribution is 0.0684. The number of aliphatic hydroxyl groups excluding tert-OH is 1. The molecule has 1 aromatic rings. The zero-order chi connectivity index (χ0) is 13.7. The van der Waals surface area contributed by atoms with Gasteiger partial charge in [0.1, 0.15) is 5.82 Å². The number of hydrogen-bond acceptors (Lipinski definition) is 2. The van der Waals surface area contributed by atoms with E-state index in [1.54, 1.807) is 0 Å². The van der Waals surface area contributed by atoms with Crippen molar-refractivity contribution in [1.29, 1.82) is 0 Å². The van der Waals surface area contributed by atoms with Crippen LogP contribution in [-0.2, 0) is 6.42 Å². The molecule has 0 aromatic heterocycles. The first-order chi connectivity index (χ1) is 9.15. The molecule has 1 aliphatic carbocycles. The molecule has 3 heteroatoms. The van der Waals surface area contributed by atoms with Crippen LogP contribution in [0.2, 0.25) is 0 Å². The third-order valence-electron chi connectivity index (χ3n) is 4.05. The Labute approximate surface area is 115 Å². The molecule has 1 saturated carbocycles. The van der Waals surface area contributed by atoms with E-state index in [4.69, 9.17) is 0 Å². The quantitative estimate of drug-likeness (QED) is 0.858. The van der Waals surface area contributed by atoms with Gasteiger partial charge in [-0.1, -0.05) is 25.0 Å². The van der Waals surface area contributed by atoms with Gasteiger partial charge in [0, 0.05) is 12.6 Å². The zero-order valence-corrected chi connectivity index (χ0v) is 11.6. The summed E-state index contributed by atoms with van der Waals surface area (Å²) in [5.41, 5.74) is 1.14. The summed E-state index contributed by atoms with van der Waals surface area (Å²) in [6.45, 7) is 3.02. The second kappa shape index (κ2) is 7.01. The van der Waals surface area contributed by atoms with Crippen LogP contribution in [-0.4, -0.2) is 23.8 Å². The number of aliphatic hydroxyl groups is 1. The lowest BCUT2D eigenvalue weighted by Crippen LogP contribution is -2.38. The summed E-state index contributed by atoms with van der Waals surface area (Å²) >= 11 is 0. The molecule has 0 bridgehead atoms. The van der Waals surface area contributed by atoms with Gasteiger partial charge < -0.3 is 10.4 Å². The largest absolute Gasteiger partial charge is 0.393 e. The molecule has 3 unspecified atom stereocenters. The van der Waals surface area contributed by atoms with E-state index in [0.717, 1.165) is 37.8 Å². The van der Waals surface area contributed by atoms with Crippen molar-refractivity contribution in [3.05, 3.63) is 35.6 Å². The molecule has 19 heavy (non-hydrogen) atoms. The molecule has 0 amide bonds. The predicted octanol–water partition coefficient (Wildman–Crippen LogP) is 2.90. The number of benzene rings is 1. The number of rotatable bonds is 5. The van der Waals surface area contributed by atoms with Gasteiger partial charge in [-0.3, -0.25) is 0 Å². The first-order valence-electron chi connectivity index (χ1n) is 7.31. The van der Waals surface area contributed by atoms with Crippen LogP contribution < -0.4 is 5.32 Å². The van der Waals surface area contributed by atoms with E-state index in [1.807, 2.05) is 12.1 Å². The maximum atomic E-state index is 12.8. The third kappa shape index (κ3) is 4.59. The molecular formula is C16H24FNO. The molecule has 1 fully saturated rings. The van der Waals surface area contributed by atoms with Gasteiger partial charge in [-0.2, -0.15) is 0 Å². The lowest BCUT2D eigenvalue weighted by atomic mass is 9.86. The number of nitrogens with one attached hydrogen (secondary N) is 1. The molecule has 0 heterocycles. The highest BCUT2D eigenvalue weighted by Crippen LogP contribution is 2.23. The molecule has 2 N–H and O–H groups in total. The van der Waals surface area contributed by atoms with Crippen LogP contribution >= 0.6 is 0 Å². The summed E-state index contributed by atoms with van der Waals surface area (Å²) in [6, 6.07) is 7.03. The van der Waals surface area contributed by atoms with E-state index < -0.39 is 0 Å². The van der Waals surface area contributed by atoms with Crippen LogP contribution in [0.25, 0.3) is 0 Å². The Morgan fingerprint density at radius 2 is 1.95 bits per heavy atom. The van der Waals surface area contributed by atoms with Crippen molar-refractivity contribution in [3.8, 4) is 0 Å². The van der Waals surface area contributed by atoms with E-state index in [2.05, 4.69) is 12.2 Å². The molecule has 0 aliphatic heterocycles. The van der Waals surface area contributed by atoms with E-state index >= 15 is 0 Å². The number of halogens is 1. The van der Waals surface area contributed by atoms with Gasteiger partial charge in [0.2, 0.25) is 0 Å². The second-order valence-corrected chi connectivity index (χ2v) is 5.75. The van der Waals surface area contributed by atoms with Gasteiger partial charge in [0.25, 0.3) is 0 Å². The highest BCUT2D eigenvalue weighted by molar-refractivity contribution is 5.16. The standard InChI is InChI=1S/C16H24FNO/c1-12(10-13-6-8-15(17)9-7-13)18-11-14-4-2-3-5-16(14)19/h6-9,12,14,16,18-19H,2-5,10-11H2,1H3. The van der Waals surface area contributed by atoms with Crippen LogP contribution in [0.4, 0.5) is 4.39 Å². The molecule has 0 spiro atoms. The summed E-state index contributed by atoms with van der Waals surface area (Å²) in [5.74, 6) is 0.208. The Morgan fingerprint density at radius 1 is 1.26 bits per heavy atom. The van der Waals surface area contributed by atoms with E-state index in [9.17, 15) is 9.50 Å². The van der Waals surface area contributed by atoms with Crippen molar-refractivity contribution in [1.82, 2.24) is 5.32 Å². The highest BCUT2D eigenvalue weighted by Gasteiger charge is 2.22. The molecule has 106 valence electrons. The third-order valence-corrected chi connectivity index (χ3v) is 4.05. The van der Waals surface area contributed by atoms with Gasteiger partial charge in [-0.25, -0.2) is 4.39 Å². The fourth-order valence-corrected chi connectivity index (χ4v) is 2.82. The average molecular weight is 265 g/mol. The van der Waals surface area contributed by atoms with Crippen LogP contribution in [0.5, 0.6) is 0 Å². The Balaban J connectivity index is 1.74. The van der Waals surface area contributed by atoms with Crippen molar-refractivity contribution in [2.75, 3.05) is 6.54 Å². The Morgan fingerprint density at radius 3 is 2.63 bits per heavy atom. The lowest BCUT2D eigenvalue weighted by Gasteiger charge is -2.29. The monoisotopic (exact) mass is 265 g/mol. The Hall–Kier alpha value is -0.930. The number of hydrogen-bond donors (Lipinski definition) is 2. The fraction of sp³-hybridized carbons (Fsp3) is 0.625. The molecule has 2 rings (SSSR count). The minimum absolute atomic E-state index is 0.140. The van der Waals surface area contributed by atoms with Crippen molar-refractivity contribution in [2.24, 2.45) is 5.92 Å². The first-order valence-corrected chi connectivity index (χ1v) is 7.31. The van der Waals surface area contributed by atoms with Crippen molar-refractivity contribution in [3.63, 3.8) is 0 Å². The Kier molecular flexibility index (Phi) is 5.34. The summed E-state index contributed by atoms with van der Waals surface area (Å²) in [5, 5.41) is 13.4. The van der Waals surface area contributed by atoms with E-state index in [0.29, 0.717) is 12.0 Å². The minimum atomic E-state index is -0.185. The van der Waals surface area contributed by atoms with Gasteiger partial charge in [-0.05, 0) is 49.8 Å².